The molecule has 88 valence electrons. The Bertz CT molecular complexity index is 340. The van der Waals surface area contributed by atoms with Gasteiger partial charge >= 0.3 is 0 Å². The van der Waals surface area contributed by atoms with Crippen molar-refractivity contribution in [2.45, 2.75) is 6.04 Å². The number of piperazine rings is 1. The number of aliphatic hydroxyl groups excluding tert-OH is 1. The minimum absolute atomic E-state index is 0.0312. The van der Waals surface area contributed by atoms with Crippen molar-refractivity contribution in [3.8, 4) is 0 Å². The summed E-state index contributed by atoms with van der Waals surface area (Å²) in [5.41, 5.74) is 0.851. The second-order valence-corrected chi connectivity index (χ2v) is 4.04. The summed E-state index contributed by atoms with van der Waals surface area (Å²) in [6.45, 7) is 3.66. The van der Waals surface area contributed by atoms with Crippen LogP contribution in [0.4, 0.5) is 4.39 Å². The Kier molecular flexibility index (Phi) is 3.88. The van der Waals surface area contributed by atoms with Crippen LogP contribution in [0.2, 0.25) is 0 Å². The third-order valence-corrected chi connectivity index (χ3v) is 3.00. The molecule has 0 unspecified atom stereocenters. The molecule has 0 bridgehead atoms. The van der Waals surface area contributed by atoms with Crippen LogP contribution in [0.3, 0.4) is 0 Å². The van der Waals surface area contributed by atoms with Crippen molar-refractivity contribution in [1.29, 1.82) is 0 Å². The molecule has 0 saturated carbocycles. The summed E-state index contributed by atoms with van der Waals surface area (Å²) in [4.78, 5) is 2.19. The molecule has 1 atom stereocenters. The summed E-state index contributed by atoms with van der Waals surface area (Å²) < 4.78 is 13.1. The smallest absolute Gasteiger partial charge is 0.123 e. The number of nitrogens with zero attached hydrogens (tertiary/aromatic N) is 1. The molecule has 1 aliphatic rings. The van der Waals surface area contributed by atoms with E-state index in [0.29, 0.717) is 0 Å². The maximum atomic E-state index is 13.1. The molecule has 3 nitrogen and oxygen atoms in total. The van der Waals surface area contributed by atoms with Gasteiger partial charge in [-0.05, 0) is 17.7 Å². The number of aliphatic hydroxyl groups is 1. The van der Waals surface area contributed by atoms with E-state index in [0.717, 1.165) is 31.7 Å². The van der Waals surface area contributed by atoms with Crippen LogP contribution in [-0.4, -0.2) is 42.8 Å². The van der Waals surface area contributed by atoms with E-state index >= 15 is 0 Å². The average Bonchev–Trinajstić information content (AvgIpc) is 2.31. The van der Waals surface area contributed by atoms with E-state index in [4.69, 9.17) is 0 Å². The van der Waals surface area contributed by atoms with Crippen LogP contribution in [-0.2, 0) is 0 Å². The van der Waals surface area contributed by atoms with Gasteiger partial charge in [0.25, 0.3) is 0 Å². The third kappa shape index (κ3) is 2.58. The maximum Gasteiger partial charge on any atom is 0.123 e. The van der Waals surface area contributed by atoms with Crippen molar-refractivity contribution >= 4 is 0 Å². The molecule has 0 aromatic heterocycles. The van der Waals surface area contributed by atoms with E-state index in [1.807, 2.05) is 6.07 Å². The van der Waals surface area contributed by atoms with E-state index in [1.165, 1.54) is 12.1 Å². The van der Waals surface area contributed by atoms with Crippen LogP contribution >= 0.6 is 0 Å². The highest BCUT2D eigenvalue weighted by Crippen LogP contribution is 2.21. The second-order valence-electron chi connectivity index (χ2n) is 4.04. The van der Waals surface area contributed by atoms with Crippen LogP contribution in [0.25, 0.3) is 0 Å². The Morgan fingerprint density at radius 1 is 1.38 bits per heavy atom. The van der Waals surface area contributed by atoms with Crippen molar-refractivity contribution in [3.05, 3.63) is 35.6 Å². The highest BCUT2D eigenvalue weighted by atomic mass is 19.1. The van der Waals surface area contributed by atoms with Crippen LogP contribution in [0.1, 0.15) is 11.6 Å². The Morgan fingerprint density at radius 2 is 2.12 bits per heavy atom. The van der Waals surface area contributed by atoms with E-state index in [1.54, 1.807) is 6.07 Å². The zero-order valence-corrected chi connectivity index (χ0v) is 9.19. The number of hydrogen-bond donors (Lipinski definition) is 2. The predicted molar refractivity (Wildman–Crippen MR) is 60.7 cm³/mol. The number of halogens is 1. The van der Waals surface area contributed by atoms with Gasteiger partial charge in [-0.15, -0.1) is 0 Å². The molecule has 0 spiro atoms. The van der Waals surface area contributed by atoms with Crippen LogP contribution < -0.4 is 5.32 Å². The summed E-state index contributed by atoms with van der Waals surface area (Å²) in [6.07, 6.45) is 0. The minimum Gasteiger partial charge on any atom is -0.394 e. The molecule has 1 aliphatic heterocycles. The van der Waals surface area contributed by atoms with Gasteiger partial charge in [-0.3, -0.25) is 4.90 Å². The van der Waals surface area contributed by atoms with Crippen LogP contribution in [0.15, 0.2) is 24.3 Å². The van der Waals surface area contributed by atoms with Crippen molar-refractivity contribution in [3.63, 3.8) is 0 Å². The predicted octanol–water partition coefficient (Wildman–Crippen LogP) is 0.764. The standard InChI is InChI=1S/C12H17FN2O/c13-11-3-1-2-10(8-11)12(9-16)15-6-4-14-5-7-15/h1-3,8,12,14,16H,4-7,9H2/t12-/m1/s1. The Hall–Kier alpha value is -0.970. The molecule has 2 rings (SSSR count). The lowest BCUT2D eigenvalue weighted by Gasteiger charge is -2.34. The van der Waals surface area contributed by atoms with Crippen LogP contribution in [0.5, 0.6) is 0 Å². The lowest BCUT2D eigenvalue weighted by molar-refractivity contribution is 0.110. The summed E-state index contributed by atoms with van der Waals surface area (Å²) >= 11 is 0. The lowest BCUT2D eigenvalue weighted by atomic mass is 10.1. The number of nitrogens with one attached hydrogen (secondary N) is 1. The number of rotatable bonds is 3. The van der Waals surface area contributed by atoms with E-state index in [2.05, 4.69) is 10.2 Å². The van der Waals surface area contributed by atoms with E-state index < -0.39 is 0 Å². The van der Waals surface area contributed by atoms with E-state index in [-0.39, 0.29) is 18.5 Å². The Labute approximate surface area is 94.9 Å². The fourth-order valence-corrected chi connectivity index (χ4v) is 2.14. The van der Waals surface area contributed by atoms with Gasteiger partial charge in [0.15, 0.2) is 0 Å². The van der Waals surface area contributed by atoms with Gasteiger partial charge in [-0.2, -0.15) is 0 Å². The molecule has 4 heteroatoms. The zero-order chi connectivity index (χ0) is 11.4. The molecule has 2 N–H and O–H groups in total. The molecule has 1 aromatic rings. The molecular formula is C12H17FN2O. The SMILES string of the molecule is OC[C@H](c1cccc(F)c1)N1CCNCC1. The van der Waals surface area contributed by atoms with Gasteiger partial charge in [0, 0.05) is 26.2 Å². The van der Waals surface area contributed by atoms with Crippen molar-refractivity contribution in [1.82, 2.24) is 10.2 Å². The first-order valence-electron chi connectivity index (χ1n) is 5.62. The van der Waals surface area contributed by atoms with Gasteiger partial charge in [-0.25, -0.2) is 4.39 Å². The quantitative estimate of drug-likeness (QED) is 0.796. The highest BCUT2D eigenvalue weighted by Gasteiger charge is 2.21. The fourth-order valence-electron chi connectivity index (χ4n) is 2.14. The molecule has 1 fully saturated rings. The first kappa shape index (κ1) is 11.5. The molecule has 0 amide bonds. The normalized spacial score (nSPS) is 19.6. The average molecular weight is 224 g/mol. The van der Waals surface area contributed by atoms with Crippen LogP contribution in [0, 0.1) is 5.82 Å². The maximum absolute atomic E-state index is 13.1. The van der Waals surface area contributed by atoms with Crippen molar-refractivity contribution < 1.29 is 9.50 Å². The summed E-state index contributed by atoms with van der Waals surface area (Å²) in [5.74, 6) is -0.244. The lowest BCUT2D eigenvalue weighted by Crippen LogP contribution is -2.46. The first-order valence-corrected chi connectivity index (χ1v) is 5.62. The van der Waals surface area contributed by atoms with Gasteiger partial charge in [0.1, 0.15) is 5.82 Å². The molecular weight excluding hydrogens is 207 g/mol. The highest BCUT2D eigenvalue weighted by molar-refractivity contribution is 5.20. The topological polar surface area (TPSA) is 35.5 Å². The first-order chi connectivity index (χ1) is 7.81. The molecule has 16 heavy (non-hydrogen) atoms. The molecule has 1 saturated heterocycles. The second kappa shape index (κ2) is 5.39. The van der Waals surface area contributed by atoms with Gasteiger partial charge < -0.3 is 10.4 Å². The summed E-state index contributed by atoms with van der Waals surface area (Å²) in [5, 5.41) is 12.7. The Morgan fingerprint density at radius 3 is 2.75 bits per heavy atom. The zero-order valence-electron chi connectivity index (χ0n) is 9.19. The largest absolute Gasteiger partial charge is 0.394 e. The van der Waals surface area contributed by atoms with Crippen molar-refractivity contribution in [2.75, 3.05) is 32.8 Å². The summed E-state index contributed by atoms with van der Waals surface area (Å²) in [6, 6.07) is 6.40. The molecule has 0 aliphatic carbocycles. The van der Waals surface area contributed by atoms with Gasteiger partial charge in [0.05, 0.1) is 12.6 Å². The summed E-state index contributed by atoms with van der Waals surface area (Å²) in [7, 11) is 0. The molecule has 1 heterocycles. The molecule has 1 aromatic carbocycles. The third-order valence-electron chi connectivity index (χ3n) is 3.00. The minimum atomic E-state index is -0.244. The van der Waals surface area contributed by atoms with E-state index in [9.17, 15) is 9.50 Å². The Balaban J connectivity index is 2.14. The number of hydrogen-bond acceptors (Lipinski definition) is 3. The fraction of sp³-hybridized carbons (Fsp3) is 0.500. The van der Waals surface area contributed by atoms with Crippen molar-refractivity contribution in [2.24, 2.45) is 0 Å². The van der Waals surface area contributed by atoms with Gasteiger partial charge in [0.2, 0.25) is 0 Å². The monoisotopic (exact) mass is 224 g/mol. The van der Waals surface area contributed by atoms with Gasteiger partial charge in [-0.1, -0.05) is 12.1 Å². The molecule has 0 radical (unpaired) electrons. The number of benzene rings is 1.